The van der Waals surface area contributed by atoms with Crippen molar-refractivity contribution in [2.24, 2.45) is 11.7 Å². The summed E-state index contributed by atoms with van der Waals surface area (Å²) >= 11 is 3.09. The molecule has 1 amide bonds. The number of amides is 1. The van der Waals surface area contributed by atoms with Crippen molar-refractivity contribution in [3.63, 3.8) is 0 Å². The Balaban J connectivity index is 0.00000180. The quantitative estimate of drug-likeness (QED) is 0.880. The van der Waals surface area contributed by atoms with Gasteiger partial charge < -0.3 is 11.1 Å². The van der Waals surface area contributed by atoms with Crippen LogP contribution in [0.2, 0.25) is 0 Å². The van der Waals surface area contributed by atoms with Crippen LogP contribution in [0.5, 0.6) is 0 Å². The van der Waals surface area contributed by atoms with Crippen LogP contribution in [0, 0.1) is 11.7 Å². The Morgan fingerprint density at radius 2 is 2.21 bits per heavy atom. The third-order valence-electron chi connectivity index (χ3n) is 3.29. The molecule has 0 bridgehead atoms. The van der Waals surface area contributed by atoms with Gasteiger partial charge in [-0.3, -0.25) is 4.79 Å². The molecule has 3 nitrogen and oxygen atoms in total. The number of nitrogens with one attached hydrogen (secondary N) is 1. The molecule has 0 spiro atoms. The molecule has 0 saturated heterocycles. The van der Waals surface area contributed by atoms with Gasteiger partial charge in [-0.1, -0.05) is 6.07 Å². The predicted octanol–water partition coefficient (Wildman–Crippen LogP) is 2.75. The maximum atomic E-state index is 13.3. The van der Waals surface area contributed by atoms with Gasteiger partial charge >= 0.3 is 0 Å². The summed E-state index contributed by atoms with van der Waals surface area (Å²) < 4.78 is 13.7. The van der Waals surface area contributed by atoms with Crippen molar-refractivity contribution in [3.8, 4) is 0 Å². The lowest BCUT2D eigenvalue weighted by Crippen LogP contribution is -2.30. The smallest absolute Gasteiger partial charge is 0.223 e. The molecule has 1 fully saturated rings. The van der Waals surface area contributed by atoms with Gasteiger partial charge in [-0.25, -0.2) is 4.39 Å². The molecule has 2 atom stereocenters. The Morgan fingerprint density at radius 1 is 1.47 bits per heavy atom. The molecule has 2 rings (SSSR count). The van der Waals surface area contributed by atoms with Crippen LogP contribution >= 0.6 is 28.3 Å². The summed E-state index contributed by atoms with van der Waals surface area (Å²) in [6.07, 6.45) is 2.51. The maximum Gasteiger partial charge on any atom is 0.223 e. The largest absolute Gasteiger partial charge is 0.352 e. The topological polar surface area (TPSA) is 55.1 Å². The average Bonchev–Trinajstić information content (AvgIpc) is 2.77. The second kappa shape index (κ2) is 7.22. The van der Waals surface area contributed by atoms with Crippen LogP contribution in [-0.2, 0) is 11.3 Å². The van der Waals surface area contributed by atoms with Crippen molar-refractivity contribution >= 4 is 34.2 Å². The molecule has 1 saturated carbocycles. The van der Waals surface area contributed by atoms with Crippen molar-refractivity contribution in [2.45, 2.75) is 31.8 Å². The zero-order valence-corrected chi connectivity index (χ0v) is 12.8. The molecule has 1 aliphatic rings. The summed E-state index contributed by atoms with van der Waals surface area (Å²) in [5.41, 5.74) is 6.53. The third-order valence-corrected chi connectivity index (χ3v) is 3.94. The molecule has 19 heavy (non-hydrogen) atoms. The van der Waals surface area contributed by atoms with Gasteiger partial charge in [-0.15, -0.1) is 12.4 Å². The van der Waals surface area contributed by atoms with E-state index in [1.54, 1.807) is 12.1 Å². The molecule has 1 aliphatic carbocycles. The second-order valence-corrected chi connectivity index (χ2v) is 5.59. The molecule has 1 aromatic rings. The Bertz CT molecular complexity index is 458. The zero-order chi connectivity index (χ0) is 13.1. The standard InChI is InChI=1S/C13H16BrFN2O.ClH/c14-11-4-1-8(5-12(11)15)7-17-13(18)9-2-3-10(16)6-9;/h1,4-5,9-10H,2-3,6-7,16H2,(H,17,18);1H. The van der Waals surface area contributed by atoms with E-state index in [9.17, 15) is 9.18 Å². The van der Waals surface area contributed by atoms with E-state index in [0.29, 0.717) is 11.0 Å². The number of nitrogens with two attached hydrogens (primary N) is 1. The van der Waals surface area contributed by atoms with Crippen molar-refractivity contribution in [1.29, 1.82) is 0 Å². The van der Waals surface area contributed by atoms with Gasteiger partial charge in [0.1, 0.15) is 5.82 Å². The molecule has 6 heteroatoms. The first-order valence-electron chi connectivity index (χ1n) is 6.03. The predicted molar refractivity (Wildman–Crippen MR) is 78.5 cm³/mol. The fourth-order valence-corrected chi connectivity index (χ4v) is 2.48. The van der Waals surface area contributed by atoms with Crippen molar-refractivity contribution in [2.75, 3.05) is 0 Å². The maximum absolute atomic E-state index is 13.3. The molecule has 3 N–H and O–H groups in total. The highest BCUT2D eigenvalue weighted by Gasteiger charge is 2.27. The second-order valence-electron chi connectivity index (χ2n) is 4.74. The van der Waals surface area contributed by atoms with E-state index >= 15 is 0 Å². The van der Waals surface area contributed by atoms with Gasteiger partial charge in [0.15, 0.2) is 0 Å². The van der Waals surface area contributed by atoms with Crippen molar-refractivity contribution in [1.82, 2.24) is 5.32 Å². The van der Waals surface area contributed by atoms with E-state index in [0.717, 1.165) is 24.8 Å². The van der Waals surface area contributed by atoms with Crippen LogP contribution in [0.4, 0.5) is 4.39 Å². The molecule has 106 valence electrons. The zero-order valence-electron chi connectivity index (χ0n) is 10.4. The lowest BCUT2D eigenvalue weighted by Gasteiger charge is -2.11. The molecule has 0 radical (unpaired) electrons. The van der Waals surface area contributed by atoms with Gasteiger partial charge in [-0.05, 0) is 52.9 Å². The number of hydrogen-bond acceptors (Lipinski definition) is 2. The first-order chi connectivity index (χ1) is 8.56. The summed E-state index contributed by atoms with van der Waals surface area (Å²) in [6, 6.07) is 4.99. The van der Waals surface area contributed by atoms with Gasteiger partial charge in [0.2, 0.25) is 5.91 Å². The van der Waals surface area contributed by atoms with Gasteiger partial charge in [0.05, 0.1) is 4.47 Å². The van der Waals surface area contributed by atoms with Gasteiger partial charge in [0.25, 0.3) is 0 Å². The number of hydrogen-bond donors (Lipinski definition) is 2. The Kier molecular flexibility index (Phi) is 6.23. The molecule has 2 unspecified atom stereocenters. The molecule has 0 heterocycles. The highest BCUT2D eigenvalue weighted by Crippen LogP contribution is 2.24. The molecule has 0 aromatic heterocycles. The fourth-order valence-electron chi connectivity index (χ4n) is 2.24. The van der Waals surface area contributed by atoms with E-state index in [1.165, 1.54) is 6.07 Å². The minimum Gasteiger partial charge on any atom is -0.352 e. The van der Waals surface area contributed by atoms with Crippen LogP contribution < -0.4 is 11.1 Å². The average molecular weight is 352 g/mol. The van der Waals surface area contributed by atoms with E-state index in [2.05, 4.69) is 21.2 Å². The summed E-state index contributed by atoms with van der Waals surface area (Å²) in [6.45, 7) is 0.356. The van der Waals surface area contributed by atoms with Crippen LogP contribution in [0.25, 0.3) is 0 Å². The Morgan fingerprint density at radius 3 is 2.79 bits per heavy atom. The highest BCUT2D eigenvalue weighted by atomic mass is 79.9. The van der Waals surface area contributed by atoms with E-state index in [4.69, 9.17) is 5.73 Å². The highest BCUT2D eigenvalue weighted by molar-refractivity contribution is 9.10. The van der Waals surface area contributed by atoms with Crippen LogP contribution in [-0.4, -0.2) is 11.9 Å². The van der Waals surface area contributed by atoms with Crippen LogP contribution in [0.15, 0.2) is 22.7 Å². The summed E-state index contributed by atoms with van der Waals surface area (Å²) in [7, 11) is 0. The van der Waals surface area contributed by atoms with Crippen LogP contribution in [0.3, 0.4) is 0 Å². The minimum absolute atomic E-state index is 0. The third kappa shape index (κ3) is 4.44. The Labute approximate surface area is 126 Å². The summed E-state index contributed by atoms with van der Waals surface area (Å²) in [5.74, 6) is -0.281. The van der Waals surface area contributed by atoms with Crippen molar-refractivity contribution < 1.29 is 9.18 Å². The lowest BCUT2D eigenvalue weighted by atomic mass is 10.1. The number of carbonyl (C=O) groups is 1. The normalized spacial score (nSPS) is 21.8. The SMILES string of the molecule is Cl.NC1CCC(C(=O)NCc2ccc(Br)c(F)c2)C1. The number of rotatable bonds is 3. The van der Waals surface area contributed by atoms with Gasteiger partial charge in [-0.2, -0.15) is 0 Å². The number of halogens is 3. The molecular weight excluding hydrogens is 335 g/mol. The monoisotopic (exact) mass is 350 g/mol. The van der Waals surface area contributed by atoms with E-state index in [1.807, 2.05) is 0 Å². The fraction of sp³-hybridized carbons (Fsp3) is 0.462. The minimum atomic E-state index is -0.315. The Hall–Kier alpha value is -0.650. The van der Waals surface area contributed by atoms with Crippen molar-refractivity contribution in [3.05, 3.63) is 34.1 Å². The molecule has 0 aliphatic heterocycles. The van der Waals surface area contributed by atoms with Crippen LogP contribution in [0.1, 0.15) is 24.8 Å². The van der Waals surface area contributed by atoms with E-state index in [-0.39, 0.29) is 36.1 Å². The molecule has 1 aromatic carbocycles. The summed E-state index contributed by atoms with van der Waals surface area (Å²) in [4.78, 5) is 11.8. The first-order valence-corrected chi connectivity index (χ1v) is 6.83. The number of benzene rings is 1. The molecular formula is C13H17BrClFN2O. The van der Waals surface area contributed by atoms with E-state index < -0.39 is 0 Å². The first kappa shape index (κ1) is 16.4. The lowest BCUT2D eigenvalue weighted by molar-refractivity contribution is -0.125. The van der Waals surface area contributed by atoms with Gasteiger partial charge in [0, 0.05) is 18.5 Å². The number of carbonyl (C=O) groups excluding carboxylic acids is 1. The summed E-state index contributed by atoms with van der Waals surface area (Å²) in [5, 5.41) is 2.83.